The second kappa shape index (κ2) is 2.91. The topological polar surface area (TPSA) is 0 Å². The van der Waals surface area contributed by atoms with Crippen LogP contribution in [0.3, 0.4) is 0 Å². The van der Waals surface area contributed by atoms with Crippen molar-refractivity contribution in [3.05, 3.63) is 39.6 Å². The van der Waals surface area contributed by atoms with Gasteiger partial charge in [-0.05, 0) is 42.3 Å². The minimum atomic E-state index is 1.10. The molecule has 0 aromatic carbocycles. The molecular formula is C11H12S. The van der Waals surface area contributed by atoms with E-state index in [0.29, 0.717) is 0 Å². The second-order valence-electron chi connectivity index (χ2n) is 3.17. The third-order valence-corrected chi connectivity index (χ3v) is 3.57. The first-order valence-electron chi connectivity index (χ1n) is 4.21. The second-order valence-corrected chi connectivity index (χ2v) is 4.05. The number of hydrogen-bond acceptors (Lipinski definition) is 1. The van der Waals surface area contributed by atoms with Crippen LogP contribution < -0.4 is 0 Å². The van der Waals surface area contributed by atoms with E-state index in [9.17, 15) is 0 Å². The van der Waals surface area contributed by atoms with Gasteiger partial charge in [-0.15, -0.1) is 11.3 Å². The minimum absolute atomic E-state index is 1.10. The van der Waals surface area contributed by atoms with Gasteiger partial charge in [-0.2, -0.15) is 0 Å². The smallest absolute Gasteiger partial charge is 0.0371 e. The van der Waals surface area contributed by atoms with Crippen molar-refractivity contribution in [2.24, 2.45) is 0 Å². The van der Waals surface area contributed by atoms with E-state index in [1.54, 1.807) is 0 Å². The maximum absolute atomic E-state index is 2.29. The van der Waals surface area contributed by atoms with Gasteiger partial charge in [0.15, 0.2) is 0 Å². The normalized spacial score (nSPS) is 15.3. The predicted octanol–water partition coefficient (Wildman–Crippen LogP) is 3.71. The third-order valence-electron chi connectivity index (χ3n) is 2.32. The van der Waals surface area contributed by atoms with Crippen LogP contribution in [0.4, 0.5) is 0 Å². The van der Waals surface area contributed by atoms with E-state index >= 15 is 0 Å². The highest BCUT2D eigenvalue weighted by atomic mass is 32.1. The van der Waals surface area contributed by atoms with Crippen LogP contribution in [-0.4, -0.2) is 0 Å². The van der Waals surface area contributed by atoms with Crippen LogP contribution in [0.2, 0.25) is 0 Å². The van der Waals surface area contributed by atoms with E-state index in [4.69, 9.17) is 0 Å². The quantitative estimate of drug-likeness (QED) is 0.612. The summed E-state index contributed by atoms with van der Waals surface area (Å²) < 4.78 is 0. The van der Waals surface area contributed by atoms with E-state index in [1.807, 2.05) is 11.3 Å². The number of hydrogen-bond donors (Lipinski definition) is 0. The Balaban J connectivity index is 2.46. The number of aryl methyl sites for hydroxylation is 1. The molecule has 0 N–H and O–H groups in total. The van der Waals surface area contributed by atoms with Gasteiger partial charge in [0, 0.05) is 4.88 Å². The fourth-order valence-electron chi connectivity index (χ4n) is 1.41. The van der Waals surface area contributed by atoms with Gasteiger partial charge in [0.2, 0.25) is 0 Å². The van der Waals surface area contributed by atoms with E-state index in [2.05, 4.69) is 37.5 Å². The van der Waals surface area contributed by atoms with Gasteiger partial charge < -0.3 is 0 Å². The van der Waals surface area contributed by atoms with Crippen LogP contribution in [0.1, 0.15) is 22.4 Å². The van der Waals surface area contributed by atoms with Gasteiger partial charge in [0.05, 0.1) is 0 Å². The van der Waals surface area contributed by atoms with Gasteiger partial charge in [-0.1, -0.05) is 18.2 Å². The third kappa shape index (κ3) is 1.14. The molecule has 62 valence electrons. The van der Waals surface area contributed by atoms with Crippen LogP contribution in [0.5, 0.6) is 0 Å². The molecule has 0 bridgehead atoms. The molecule has 0 atom stereocenters. The first kappa shape index (κ1) is 7.81. The average molecular weight is 176 g/mol. The summed E-state index contributed by atoms with van der Waals surface area (Å²) in [6.07, 6.45) is 7.83. The zero-order chi connectivity index (χ0) is 8.55. The van der Waals surface area contributed by atoms with Gasteiger partial charge in [0.1, 0.15) is 0 Å². The van der Waals surface area contributed by atoms with Crippen molar-refractivity contribution in [2.75, 3.05) is 0 Å². The Bertz CT molecular complexity index is 353. The van der Waals surface area contributed by atoms with Crippen molar-refractivity contribution >= 4 is 16.9 Å². The Morgan fingerprint density at radius 2 is 2.17 bits per heavy atom. The van der Waals surface area contributed by atoms with Crippen molar-refractivity contribution in [3.63, 3.8) is 0 Å². The monoisotopic (exact) mass is 176 g/mol. The Morgan fingerprint density at radius 3 is 2.67 bits per heavy atom. The summed E-state index contributed by atoms with van der Waals surface area (Å²) in [5.74, 6) is 0. The summed E-state index contributed by atoms with van der Waals surface area (Å²) in [6, 6.07) is 0. The van der Waals surface area contributed by atoms with E-state index in [-0.39, 0.29) is 0 Å². The lowest BCUT2D eigenvalue weighted by Crippen LogP contribution is -1.78. The molecule has 0 unspecified atom stereocenters. The molecule has 1 aromatic rings. The van der Waals surface area contributed by atoms with Gasteiger partial charge >= 0.3 is 0 Å². The molecule has 1 aromatic heterocycles. The average Bonchev–Trinajstić information content (AvgIpc) is 2.64. The summed E-state index contributed by atoms with van der Waals surface area (Å²) >= 11 is 1.85. The standard InChI is InChI=1S/C11H12S/c1-8-7-12-11(9(8)2)10-5-3-4-6-10/h3,5-7H,4H2,1-2H3. The highest BCUT2D eigenvalue weighted by Crippen LogP contribution is 2.31. The predicted molar refractivity (Wildman–Crippen MR) is 55.5 cm³/mol. The molecule has 0 amide bonds. The fraction of sp³-hybridized carbons (Fsp3) is 0.273. The first-order valence-corrected chi connectivity index (χ1v) is 5.09. The maximum atomic E-state index is 2.29. The van der Waals surface area contributed by atoms with Crippen LogP contribution in [-0.2, 0) is 0 Å². The Morgan fingerprint density at radius 1 is 1.33 bits per heavy atom. The van der Waals surface area contributed by atoms with Gasteiger partial charge in [-0.25, -0.2) is 0 Å². The summed E-state index contributed by atoms with van der Waals surface area (Å²) in [5, 5.41) is 2.23. The molecular weight excluding hydrogens is 164 g/mol. The molecule has 0 aliphatic heterocycles. The molecule has 0 saturated heterocycles. The molecule has 0 radical (unpaired) electrons. The van der Waals surface area contributed by atoms with E-state index in [0.717, 1.165) is 6.42 Å². The maximum Gasteiger partial charge on any atom is 0.0371 e. The molecule has 0 spiro atoms. The lowest BCUT2D eigenvalue weighted by Gasteiger charge is -1.97. The highest BCUT2D eigenvalue weighted by molar-refractivity contribution is 7.11. The molecule has 0 saturated carbocycles. The molecule has 1 heterocycles. The first-order chi connectivity index (χ1) is 5.79. The number of rotatable bonds is 1. The fourth-order valence-corrected chi connectivity index (χ4v) is 2.51. The molecule has 1 heteroatoms. The zero-order valence-electron chi connectivity index (χ0n) is 7.42. The SMILES string of the molecule is Cc1csc(C2=CCC=C2)c1C. The Hall–Kier alpha value is -0.820. The molecule has 0 fully saturated rings. The minimum Gasteiger partial charge on any atom is -0.143 e. The van der Waals surface area contributed by atoms with Crippen molar-refractivity contribution in [1.29, 1.82) is 0 Å². The molecule has 1 aliphatic carbocycles. The highest BCUT2D eigenvalue weighted by Gasteiger charge is 2.08. The Kier molecular flexibility index (Phi) is 1.89. The van der Waals surface area contributed by atoms with Gasteiger partial charge in [-0.3, -0.25) is 0 Å². The van der Waals surface area contributed by atoms with Crippen LogP contribution in [0.15, 0.2) is 23.6 Å². The zero-order valence-corrected chi connectivity index (χ0v) is 8.24. The number of thiophene rings is 1. The van der Waals surface area contributed by atoms with Crippen LogP contribution in [0.25, 0.3) is 5.57 Å². The molecule has 2 rings (SSSR count). The number of allylic oxidation sites excluding steroid dienone is 4. The Labute approximate surface area is 77.2 Å². The van der Waals surface area contributed by atoms with E-state index < -0.39 is 0 Å². The van der Waals surface area contributed by atoms with Crippen molar-refractivity contribution in [2.45, 2.75) is 20.3 Å². The van der Waals surface area contributed by atoms with Crippen LogP contribution in [0, 0.1) is 13.8 Å². The van der Waals surface area contributed by atoms with Gasteiger partial charge in [0.25, 0.3) is 0 Å². The summed E-state index contributed by atoms with van der Waals surface area (Å²) in [4.78, 5) is 1.45. The molecule has 1 aliphatic rings. The van der Waals surface area contributed by atoms with E-state index in [1.165, 1.54) is 21.6 Å². The molecule has 12 heavy (non-hydrogen) atoms. The summed E-state index contributed by atoms with van der Waals surface area (Å²) in [7, 11) is 0. The largest absolute Gasteiger partial charge is 0.143 e. The lowest BCUT2D eigenvalue weighted by atomic mass is 10.1. The van der Waals surface area contributed by atoms with Crippen molar-refractivity contribution < 1.29 is 0 Å². The summed E-state index contributed by atoms with van der Waals surface area (Å²) in [5.41, 5.74) is 4.26. The molecule has 0 nitrogen and oxygen atoms in total. The lowest BCUT2D eigenvalue weighted by molar-refractivity contribution is 1.39. The van der Waals surface area contributed by atoms with Crippen molar-refractivity contribution in [1.82, 2.24) is 0 Å². The summed E-state index contributed by atoms with van der Waals surface area (Å²) in [6.45, 7) is 4.38. The van der Waals surface area contributed by atoms with Crippen molar-refractivity contribution in [3.8, 4) is 0 Å². The van der Waals surface area contributed by atoms with Crippen LogP contribution >= 0.6 is 11.3 Å².